The lowest BCUT2D eigenvalue weighted by Crippen LogP contribution is -2.16. The van der Waals surface area contributed by atoms with Gasteiger partial charge in [0.2, 0.25) is 5.91 Å². The molecule has 0 bridgehead atoms. The highest BCUT2D eigenvalue weighted by Crippen LogP contribution is 2.29. The molecule has 31 heavy (non-hydrogen) atoms. The van der Waals surface area contributed by atoms with E-state index in [-0.39, 0.29) is 23.8 Å². The van der Waals surface area contributed by atoms with Crippen LogP contribution in [0.4, 0.5) is 5.13 Å². The first-order valence-electron chi connectivity index (χ1n) is 9.90. The molecule has 0 radical (unpaired) electrons. The van der Waals surface area contributed by atoms with Gasteiger partial charge in [-0.2, -0.15) is 0 Å². The maximum Gasteiger partial charge on any atom is 0.236 e. The molecule has 0 aliphatic heterocycles. The number of aromatic nitrogens is 4. The van der Waals surface area contributed by atoms with Crippen LogP contribution in [0.3, 0.4) is 0 Å². The van der Waals surface area contributed by atoms with Crippen molar-refractivity contribution in [3.05, 3.63) is 40.7 Å². The van der Waals surface area contributed by atoms with Gasteiger partial charge in [0, 0.05) is 10.9 Å². The Bertz CT molecular complexity index is 1010. The van der Waals surface area contributed by atoms with Gasteiger partial charge >= 0.3 is 0 Å². The minimum atomic E-state index is -0.312. The monoisotopic (exact) mass is 461 g/mol. The number of hydrogen-bond donors (Lipinski definition) is 1. The van der Waals surface area contributed by atoms with Crippen LogP contribution >= 0.6 is 23.1 Å². The predicted molar refractivity (Wildman–Crippen MR) is 123 cm³/mol. The average molecular weight is 462 g/mol. The number of nitrogens with one attached hydrogen (secondary N) is 1. The van der Waals surface area contributed by atoms with Gasteiger partial charge in [0.1, 0.15) is 11.5 Å². The molecule has 3 aromatic rings. The summed E-state index contributed by atoms with van der Waals surface area (Å²) in [4.78, 5) is 17.8. The number of anilines is 1. The summed E-state index contributed by atoms with van der Waals surface area (Å²) in [5.41, 5.74) is 0.933. The summed E-state index contributed by atoms with van der Waals surface area (Å²) in [5.74, 6) is 2.29. The standard InChI is InChI=1S/C21H27N5O3S2/c1-12(2)26-19(14(4)29-17-9-7-16(28-6)8-10-17)24-25-21(26)30-11-18(27)23-20-22-13(3)15(5)31-20/h7-10,12,14H,11H2,1-6H3,(H,22,23,27). The summed E-state index contributed by atoms with van der Waals surface area (Å²) in [6, 6.07) is 7.52. The molecule has 1 atom stereocenters. The SMILES string of the molecule is COc1ccc(OC(C)c2nnc(SCC(=O)Nc3nc(C)c(C)s3)n2C(C)C)cc1. The first kappa shape index (κ1) is 23.1. The Hall–Kier alpha value is -2.59. The lowest BCUT2D eigenvalue weighted by atomic mass is 10.3. The van der Waals surface area contributed by atoms with E-state index >= 15 is 0 Å². The van der Waals surface area contributed by atoms with Crippen molar-refractivity contribution in [3.8, 4) is 11.5 Å². The third-order valence-corrected chi connectivity index (χ3v) is 6.48. The molecule has 2 aromatic heterocycles. The summed E-state index contributed by atoms with van der Waals surface area (Å²) in [7, 11) is 1.63. The fraction of sp³-hybridized carbons (Fsp3) is 0.429. The summed E-state index contributed by atoms with van der Waals surface area (Å²) >= 11 is 2.82. The van der Waals surface area contributed by atoms with E-state index < -0.39 is 0 Å². The van der Waals surface area contributed by atoms with Crippen molar-refractivity contribution < 1.29 is 14.3 Å². The number of thiazole rings is 1. The average Bonchev–Trinajstić information content (AvgIpc) is 3.30. The Morgan fingerprint density at radius 1 is 1.16 bits per heavy atom. The Morgan fingerprint density at radius 3 is 2.42 bits per heavy atom. The van der Waals surface area contributed by atoms with Gasteiger partial charge in [-0.3, -0.25) is 4.79 Å². The zero-order chi connectivity index (χ0) is 22.5. The van der Waals surface area contributed by atoms with E-state index in [2.05, 4.69) is 34.3 Å². The molecule has 0 saturated carbocycles. The second-order valence-corrected chi connectivity index (χ2v) is 9.38. The number of thioether (sulfide) groups is 1. The van der Waals surface area contributed by atoms with Crippen molar-refractivity contribution in [2.75, 3.05) is 18.2 Å². The number of hydrogen-bond acceptors (Lipinski definition) is 8. The Morgan fingerprint density at radius 2 is 1.84 bits per heavy atom. The number of carbonyl (C=O) groups excluding carboxylic acids is 1. The number of benzene rings is 1. The molecule has 8 nitrogen and oxygen atoms in total. The maximum absolute atomic E-state index is 12.4. The number of carbonyl (C=O) groups is 1. The van der Waals surface area contributed by atoms with Crippen LogP contribution in [0, 0.1) is 13.8 Å². The Kier molecular flexibility index (Phi) is 7.55. The van der Waals surface area contributed by atoms with Gasteiger partial charge < -0.3 is 19.4 Å². The van der Waals surface area contributed by atoms with E-state index in [9.17, 15) is 4.79 Å². The van der Waals surface area contributed by atoms with Crippen LogP contribution in [-0.4, -0.2) is 38.5 Å². The highest BCUT2D eigenvalue weighted by atomic mass is 32.2. The molecule has 1 aromatic carbocycles. The van der Waals surface area contributed by atoms with Crippen molar-refractivity contribution in [2.45, 2.75) is 51.9 Å². The van der Waals surface area contributed by atoms with Gasteiger partial charge in [-0.15, -0.1) is 21.5 Å². The lowest BCUT2D eigenvalue weighted by Gasteiger charge is -2.19. The van der Waals surface area contributed by atoms with Crippen molar-refractivity contribution in [1.29, 1.82) is 0 Å². The van der Waals surface area contributed by atoms with Crippen LogP contribution in [0.2, 0.25) is 0 Å². The fourth-order valence-corrected chi connectivity index (χ4v) is 4.58. The highest BCUT2D eigenvalue weighted by molar-refractivity contribution is 7.99. The largest absolute Gasteiger partial charge is 0.497 e. The summed E-state index contributed by atoms with van der Waals surface area (Å²) < 4.78 is 13.2. The van der Waals surface area contributed by atoms with Gasteiger partial charge in [-0.1, -0.05) is 11.8 Å². The number of rotatable bonds is 9. The van der Waals surface area contributed by atoms with Crippen molar-refractivity contribution in [2.24, 2.45) is 0 Å². The lowest BCUT2D eigenvalue weighted by molar-refractivity contribution is -0.113. The van der Waals surface area contributed by atoms with Crippen LogP contribution < -0.4 is 14.8 Å². The van der Waals surface area contributed by atoms with Crippen LogP contribution in [0.5, 0.6) is 11.5 Å². The Balaban J connectivity index is 1.66. The van der Waals surface area contributed by atoms with Crippen LogP contribution in [0.25, 0.3) is 0 Å². The number of aryl methyl sites for hydroxylation is 2. The number of amides is 1. The number of ether oxygens (including phenoxy) is 2. The summed E-state index contributed by atoms with van der Waals surface area (Å²) in [6.07, 6.45) is -0.312. The normalized spacial score (nSPS) is 12.1. The first-order valence-corrected chi connectivity index (χ1v) is 11.7. The zero-order valence-electron chi connectivity index (χ0n) is 18.5. The van der Waals surface area contributed by atoms with Gasteiger partial charge in [0.05, 0.1) is 18.6 Å². The molecule has 1 unspecified atom stereocenters. The number of nitrogens with zero attached hydrogens (tertiary/aromatic N) is 4. The minimum Gasteiger partial charge on any atom is -0.497 e. The molecule has 10 heteroatoms. The summed E-state index contributed by atoms with van der Waals surface area (Å²) in [6.45, 7) is 9.95. The molecule has 0 fully saturated rings. The van der Waals surface area contributed by atoms with E-state index in [4.69, 9.17) is 9.47 Å². The van der Waals surface area contributed by atoms with Crippen molar-refractivity contribution in [1.82, 2.24) is 19.7 Å². The summed E-state index contributed by atoms with van der Waals surface area (Å²) in [5, 5.41) is 12.8. The van der Waals surface area contributed by atoms with Gasteiger partial charge in [-0.25, -0.2) is 4.98 Å². The van der Waals surface area contributed by atoms with Crippen LogP contribution in [-0.2, 0) is 4.79 Å². The van der Waals surface area contributed by atoms with E-state index in [1.807, 2.05) is 49.6 Å². The fourth-order valence-electron chi connectivity index (χ4n) is 2.87. The molecule has 0 aliphatic carbocycles. The van der Waals surface area contributed by atoms with E-state index in [1.54, 1.807) is 7.11 Å². The molecule has 0 aliphatic rings. The van der Waals surface area contributed by atoms with E-state index in [0.717, 1.165) is 16.3 Å². The van der Waals surface area contributed by atoms with Gasteiger partial charge in [0.15, 0.2) is 22.2 Å². The molecule has 166 valence electrons. The molecule has 2 heterocycles. The number of methoxy groups -OCH3 is 1. The zero-order valence-corrected chi connectivity index (χ0v) is 20.1. The molecule has 3 rings (SSSR count). The maximum atomic E-state index is 12.4. The molecular formula is C21H27N5O3S2. The van der Waals surface area contributed by atoms with E-state index in [1.165, 1.54) is 23.1 Å². The highest BCUT2D eigenvalue weighted by Gasteiger charge is 2.22. The Labute approximate surface area is 190 Å². The molecule has 1 amide bonds. The molecular weight excluding hydrogens is 434 g/mol. The predicted octanol–water partition coefficient (Wildman–Crippen LogP) is 4.81. The van der Waals surface area contributed by atoms with Crippen LogP contribution in [0.1, 0.15) is 49.3 Å². The van der Waals surface area contributed by atoms with Gasteiger partial charge in [-0.05, 0) is 58.9 Å². The second-order valence-electron chi connectivity index (χ2n) is 7.24. The van der Waals surface area contributed by atoms with Gasteiger partial charge in [0.25, 0.3) is 0 Å². The van der Waals surface area contributed by atoms with Crippen molar-refractivity contribution >= 4 is 34.1 Å². The topological polar surface area (TPSA) is 91.2 Å². The smallest absolute Gasteiger partial charge is 0.236 e. The quantitative estimate of drug-likeness (QED) is 0.457. The van der Waals surface area contributed by atoms with Crippen molar-refractivity contribution in [3.63, 3.8) is 0 Å². The minimum absolute atomic E-state index is 0.113. The second kappa shape index (κ2) is 10.1. The molecule has 0 saturated heterocycles. The molecule has 1 N–H and O–H groups in total. The molecule has 0 spiro atoms. The van der Waals surface area contributed by atoms with E-state index in [0.29, 0.717) is 21.9 Å². The van der Waals surface area contributed by atoms with Crippen LogP contribution in [0.15, 0.2) is 29.4 Å². The third-order valence-electron chi connectivity index (χ3n) is 4.55. The third kappa shape index (κ3) is 5.76. The first-order chi connectivity index (χ1) is 14.8.